The van der Waals surface area contributed by atoms with Gasteiger partial charge in [0, 0.05) is 6.54 Å². The summed E-state index contributed by atoms with van der Waals surface area (Å²) >= 11 is 0. The molecule has 1 aromatic carbocycles. The predicted molar refractivity (Wildman–Crippen MR) is 60.2 cm³/mol. The zero-order valence-electron chi connectivity index (χ0n) is 9.19. The van der Waals surface area contributed by atoms with Gasteiger partial charge in [0.1, 0.15) is 0 Å². The Hall–Kier alpha value is -1.84. The van der Waals surface area contributed by atoms with Crippen LogP contribution in [0.15, 0.2) is 24.3 Å². The van der Waals surface area contributed by atoms with Crippen molar-refractivity contribution < 1.29 is 14.7 Å². The third-order valence-electron chi connectivity index (χ3n) is 2.19. The van der Waals surface area contributed by atoms with Gasteiger partial charge in [0.15, 0.2) is 0 Å². The number of likely N-dealkylation sites (N-methyl/N-ethyl adjacent to an activating group) is 1. The number of nitrogens with one attached hydrogen (secondary N) is 1. The lowest BCUT2D eigenvalue weighted by molar-refractivity contribution is -0.136. The fraction of sp³-hybridized carbons (Fsp3) is 0.333. The third kappa shape index (κ3) is 3.73. The van der Waals surface area contributed by atoms with Gasteiger partial charge in [0.05, 0.1) is 12.8 Å². The first-order chi connectivity index (χ1) is 7.63. The number of benzene rings is 1. The zero-order valence-corrected chi connectivity index (χ0v) is 9.19. The fourth-order valence-corrected chi connectivity index (χ4v) is 1.50. The van der Waals surface area contributed by atoms with Crippen LogP contribution in [0.2, 0.25) is 0 Å². The quantitative estimate of drug-likeness (QED) is 0.779. The van der Waals surface area contributed by atoms with E-state index in [9.17, 15) is 9.59 Å². The third-order valence-corrected chi connectivity index (χ3v) is 2.19. The van der Waals surface area contributed by atoms with Crippen LogP contribution in [-0.4, -0.2) is 23.5 Å². The molecule has 0 heterocycles. The minimum absolute atomic E-state index is 0.0461. The highest BCUT2D eigenvalue weighted by atomic mass is 16.4. The Morgan fingerprint density at radius 2 is 1.75 bits per heavy atom. The maximum atomic E-state index is 11.4. The fourth-order valence-electron chi connectivity index (χ4n) is 1.50. The highest BCUT2D eigenvalue weighted by molar-refractivity contribution is 5.79. The minimum atomic E-state index is -0.886. The molecule has 0 bridgehead atoms. The summed E-state index contributed by atoms with van der Waals surface area (Å²) < 4.78 is 0. The Morgan fingerprint density at radius 3 is 2.25 bits per heavy atom. The van der Waals surface area contributed by atoms with Gasteiger partial charge in [-0.05, 0) is 18.1 Å². The van der Waals surface area contributed by atoms with E-state index in [4.69, 9.17) is 5.11 Å². The van der Waals surface area contributed by atoms with E-state index in [2.05, 4.69) is 5.32 Å². The molecule has 0 saturated heterocycles. The number of carboxylic acids is 1. The Kier molecular flexibility index (Phi) is 4.51. The molecule has 1 rings (SSSR count). The van der Waals surface area contributed by atoms with Gasteiger partial charge in [-0.3, -0.25) is 9.59 Å². The number of hydrogen-bond donors (Lipinski definition) is 2. The summed E-state index contributed by atoms with van der Waals surface area (Å²) in [6, 6.07) is 7.11. The Bertz CT molecular complexity index is 388. The van der Waals surface area contributed by atoms with Gasteiger partial charge < -0.3 is 10.4 Å². The Labute approximate surface area is 94.3 Å². The van der Waals surface area contributed by atoms with Crippen LogP contribution >= 0.6 is 0 Å². The second-order valence-electron chi connectivity index (χ2n) is 3.47. The van der Waals surface area contributed by atoms with Gasteiger partial charge in [-0.1, -0.05) is 24.3 Å². The number of carbonyl (C=O) groups is 2. The highest BCUT2D eigenvalue weighted by Gasteiger charge is 2.09. The van der Waals surface area contributed by atoms with E-state index >= 15 is 0 Å². The van der Waals surface area contributed by atoms with Crippen LogP contribution < -0.4 is 5.32 Å². The summed E-state index contributed by atoms with van der Waals surface area (Å²) in [5.41, 5.74) is 1.47. The van der Waals surface area contributed by atoms with Crippen molar-refractivity contribution in [1.29, 1.82) is 0 Å². The molecule has 0 fully saturated rings. The van der Waals surface area contributed by atoms with Crippen molar-refractivity contribution in [3.8, 4) is 0 Å². The van der Waals surface area contributed by atoms with E-state index in [0.29, 0.717) is 12.1 Å². The van der Waals surface area contributed by atoms with Crippen molar-refractivity contribution in [2.24, 2.45) is 0 Å². The molecule has 16 heavy (non-hydrogen) atoms. The SMILES string of the molecule is CCNC(=O)Cc1ccccc1CC(=O)O. The summed E-state index contributed by atoms with van der Waals surface area (Å²) in [6.07, 6.45) is 0.187. The van der Waals surface area contributed by atoms with E-state index in [1.54, 1.807) is 24.3 Å². The van der Waals surface area contributed by atoms with Crippen LogP contribution in [0.25, 0.3) is 0 Å². The van der Waals surface area contributed by atoms with Gasteiger partial charge in [-0.2, -0.15) is 0 Å². The Morgan fingerprint density at radius 1 is 1.19 bits per heavy atom. The normalized spacial score (nSPS) is 9.81. The molecule has 0 aromatic heterocycles. The summed E-state index contributed by atoms with van der Waals surface area (Å²) in [5.74, 6) is -0.969. The summed E-state index contributed by atoms with van der Waals surface area (Å²) in [6.45, 7) is 2.43. The molecule has 0 saturated carbocycles. The van der Waals surface area contributed by atoms with Crippen LogP contribution in [0.3, 0.4) is 0 Å². The minimum Gasteiger partial charge on any atom is -0.481 e. The van der Waals surface area contributed by atoms with Crippen LogP contribution in [0.4, 0.5) is 0 Å². The maximum Gasteiger partial charge on any atom is 0.307 e. The molecule has 0 aliphatic rings. The number of carbonyl (C=O) groups excluding carboxylic acids is 1. The van der Waals surface area contributed by atoms with Crippen LogP contribution in [0.5, 0.6) is 0 Å². The smallest absolute Gasteiger partial charge is 0.307 e. The summed E-state index contributed by atoms with van der Waals surface area (Å²) in [5, 5.41) is 11.4. The number of carboxylic acid groups (broad SMARTS) is 1. The van der Waals surface area contributed by atoms with Crippen molar-refractivity contribution in [1.82, 2.24) is 5.32 Å². The molecule has 0 unspecified atom stereocenters. The number of hydrogen-bond acceptors (Lipinski definition) is 2. The molecule has 1 aromatic rings. The molecule has 0 atom stereocenters. The zero-order chi connectivity index (χ0) is 12.0. The van der Waals surface area contributed by atoms with Crippen molar-refractivity contribution in [2.45, 2.75) is 19.8 Å². The van der Waals surface area contributed by atoms with Crippen molar-refractivity contribution in [3.63, 3.8) is 0 Å². The van der Waals surface area contributed by atoms with Gasteiger partial charge in [0.2, 0.25) is 5.91 Å². The topological polar surface area (TPSA) is 66.4 Å². The molecule has 1 amide bonds. The van der Waals surface area contributed by atoms with Gasteiger partial charge in [-0.15, -0.1) is 0 Å². The van der Waals surface area contributed by atoms with Gasteiger partial charge >= 0.3 is 5.97 Å². The summed E-state index contributed by atoms with van der Waals surface area (Å²) in [7, 11) is 0. The number of rotatable bonds is 5. The second kappa shape index (κ2) is 5.90. The summed E-state index contributed by atoms with van der Waals surface area (Å²) in [4.78, 5) is 22.0. The van der Waals surface area contributed by atoms with E-state index in [-0.39, 0.29) is 18.7 Å². The van der Waals surface area contributed by atoms with Crippen LogP contribution in [-0.2, 0) is 22.4 Å². The molecular formula is C12H15NO3. The van der Waals surface area contributed by atoms with E-state index in [1.807, 2.05) is 6.92 Å². The molecule has 2 N–H and O–H groups in total. The molecular weight excluding hydrogens is 206 g/mol. The van der Waals surface area contributed by atoms with E-state index < -0.39 is 5.97 Å². The van der Waals surface area contributed by atoms with Crippen molar-refractivity contribution in [2.75, 3.05) is 6.54 Å². The highest BCUT2D eigenvalue weighted by Crippen LogP contribution is 2.10. The lowest BCUT2D eigenvalue weighted by atomic mass is 10.0. The average molecular weight is 221 g/mol. The van der Waals surface area contributed by atoms with Crippen molar-refractivity contribution in [3.05, 3.63) is 35.4 Å². The number of aliphatic carboxylic acids is 1. The largest absolute Gasteiger partial charge is 0.481 e. The van der Waals surface area contributed by atoms with E-state index in [0.717, 1.165) is 5.56 Å². The number of amides is 1. The van der Waals surface area contributed by atoms with Gasteiger partial charge in [0.25, 0.3) is 0 Å². The first kappa shape index (κ1) is 12.2. The second-order valence-corrected chi connectivity index (χ2v) is 3.47. The molecule has 4 nitrogen and oxygen atoms in total. The van der Waals surface area contributed by atoms with Crippen LogP contribution in [0, 0.1) is 0 Å². The van der Waals surface area contributed by atoms with Crippen LogP contribution in [0.1, 0.15) is 18.1 Å². The van der Waals surface area contributed by atoms with E-state index in [1.165, 1.54) is 0 Å². The first-order valence-corrected chi connectivity index (χ1v) is 5.18. The lowest BCUT2D eigenvalue weighted by Crippen LogP contribution is -2.25. The average Bonchev–Trinajstić information content (AvgIpc) is 2.20. The maximum absolute atomic E-state index is 11.4. The monoisotopic (exact) mass is 221 g/mol. The standard InChI is InChI=1S/C12H15NO3/c1-2-13-11(14)7-9-5-3-4-6-10(9)8-12(15)16/h3-6H,2,7-8H2,1H3,(H,13,14)(H,15,16). The molecule has 0 spiro atoms. The van der Waals surface area contributed by atoms with Crippen molar-refractivity contribution >= 4 is 11.9 Å². The molecule has 86 valence electrons. The molecule has 0 radical (unpaired) electrons. The molecule has 4 heteroatoms. The van der Waals surface area contributed by atoms with Gasteiger partial charge in [-0.25, -0.2) is 0 Å². The Balaban J connectivity index is 2.78. The first-order valence-electron chi connectivity index (χ1n) is 5.18. The molecule has 0 aliphatic carbocycles. The predicted octanol–water partition coefficient (Wildman–Crippen LogP) is 0.992. The lowest BCUT2D eigenvalue weighted by Gasteiger charge is -2.07. The molecule has 0 aliphatic heterocycles.